The van der Waals surface area contributed by atoms with E-state index in [1.807, 2.05) is 13.8 Å². The summed E-state index contributed by atoms with van der Waals surface area (Å²) in [6, 6.07) is 0. The van der Waals surface area contributed by atoms with Gasteiger partial charge in [0.2, 0.25) is 5.91 Å². The summed E-state index contributed by atoms with van der Waals surface area (Å²) in [5.74, 6) is 1.25. The van der Waals surface area contributed by atoms with E-state index in [-0.39, 0.29) is 11.4 Å². The molecule has 4 N–H and O–H groups in total. The standard InChI is InChI=1S/C12H21N3O.C2H6.C2H2.CH5N/c1-3-12(4-2)7-10(16)15(11(13)14-12)8-9-5-6-9;3*1-2/h9H,3-8H2,1-2H3,(H2,13,14);1-2H3;1-2H;2H2,1H3. The Kier molecular flexibility index (Phi) is 12.5. The van der Waals surface area contributed by atoms with E-state index in [1.54, 1.807) is 4.90 Å². The van der Waals surface area contributed by atoms with Crippen molar-refractivity contribution in [2.45, 2.75) is 65.3 Å². The molecule has 2 aliphatic rings. The zero-order valence-electron chi connectivity index (χ0n) is 14.9. The smallest absolute Gasteiger partial charge is 0.231 e. The van der Waals surface area contributed by atoms with E-state index in [4.69, 9.17) is 5.73 Å². The summed E-state index contributed by atoms with van der Waals surface area (Å²) in [6.07, 6.45) is 12.7. The molecule has 5 nitrogen and oxygen atoms in total. The van der Waals surface area contributed by atoms with Gasteiger partial charge in [-0.25, -0.2) is 4.99 Å². The highest BCUT2D eigenvalue weighted by atomic mass is 16.2. The lowest BCUT2D eigenvalue weighted by molar-refractivity contribution is -0.129. The molecule has 0 atom stereocenters. The SMILES string of the molecule is C#C.CC.CCC1(CC)CC(=O)N(CC2CC2)C(N)=N1.CN. The van der Waals surface area contributed by atoms with Crippen molar-refractivity contribution in [3.8, 4) is 12.8 Å². The Bertz CT molecular complexity index is 355. The quantitative estimate of drug-likeness (QED) is 0.782. The molecular weight excluding hydrogens is 276 g/mol. The van der Waals surface area contributed by atoms with Crippen LogP contribution >= 0.6 is 0 Å². The Balaban J connectivity index is 0. The average Bonchev–Trinajstić information content (AvgIpc) is 3.40. The summed E-state index contributed by atoms with van der Waals surface area (Å²) in [5, 5.41) is 0. The normalized spacial score (nSPS) is 18.5. The first-order chi connectivity index (χ1) is 10.6. The number of nitrogens with zero attached hydrogens (tertiary/aromatic N) is 2. The number of terminal acetylenes is 1. The largest absolute Gasteiger partial charge is 0.369 e. The maximum absolute atomic E-state index is 12.1. The predicted octanol–water partition coefficient (Wildman–Crippen LogP) is 2.35. The number of guanidine groups is 1. The molecule has 5 heteroatoms. The molecule has 1 heterocycles. The lowest BCUT2D eigenvalue weighted by Crippen LogP contribution is -2.51. The molecule has 1 aliphatic carbocycles. The van der Waals surface area contributed by atoms with Crippen LogP contribution in [0.1, 0.15) is 59.8 Å². The lowest BCUT2D eigenvalue weighted by atomic mass is 9.88. The second-order valence-electron chi connectivity index (χ2n) is 5.03. The van der Waals surface area contributed by atoms with E-state index in [2.05, 4.69) is 37.4 Å². The van der Waals surface area contributed by atoms with Gasteiger partial charge in [-0.05, 0) is 38.6 Å². The first kappa shape index (κ1) is 22.7. The van der Waals surface area contributed by atoms with Crippen LogP contribution in [0.2, 0.25) is 0 Å². The second-order valence-corrected chi connectivity index (χ2v) is 5.03. The average molecular weight is 310 g/mol. The third kappa shape index (κ3) is 6.48. The van der Waals surface area contributed by atoms with Crippen molar-refractivity contribution in [1.82, 2.24) is 4.90 Å². The number of hydrogen-bond donors (Lipinski definition) is 2. The number of nitrogens with two attached hydrogens (primary N) is 2. The number of hydrogen-bond acceptors (Lipinski definition) is 4. The first-order valence-corrected chi connectivity index (χ1v) is 8.17. The fourth-order valence-corrected chi connectivity index (χ4v) is 2.26. The van der Waals surface area contributed by atoms with Gasteiger partial charge in [-0.3, -0.25) is 9.69 Å². The van der Waals surface area contributed by atoms with Crippen molar-refractivity contribution < 1.29 is 4.79 Å². The van der Waals surface area contributed by atoms with Gasteiger partial charge in [0.05, 0.1) is 12.0 Å². The van der Waals surface area contributed by atoms with E-state index in [1.165, 1.54) is 19.9 Å². The molecule has 0 radical (unpaired) electrons. The predicted molar refractivity (Wildman–Crippen MR) is 95.3 cm³/mol. The van der Waals surface area contributed by atoms with E-state index in [0.29, 0.717) is 18.3 Å². The van der Waals surface area contributed by atoms with Crippen LogP contribution in [0.15, 0.2) is 4.99 Å². The molecular formula is C17H34N4O. The van der Waals surface area contributed by atoms with Gasteiger partial charge in [-0.2, -0.15) is 0 Å². The molecule has 1 saturated carbocycles. The first-order valence-electron chi connectivity index (χ1n) is 8.17. The van der Waals surface area contributed by atoms with Crippen molar-refractivity contribution >= 4 is 11.9 Å². The summed E-state index contributed by atoms with van der Waals surface area (Å²) in [7, 11) is 1.50. The van der Waals surface area contributed by atoms with Crippen molar-refractivity contribution in [2.75, 3.05) is 13.6 Å². The number of rotatable bonds is 4. The molecule has 0 spiro atoms. The molecule has 1 aliphatic heterocycles. The molecule has 22 heavy (non-hydrogen) atoms. The van der Waals surface area contributed by atoms with Crippen LogP contribution in [0.4, 0.5) is 0 Å². The maximum Gasteiger partial charge on any atom is 0.231 e. The van der Waals surface area contributed by atoms with Crippen molar-refractivity contribution in [2.24, 2.45) is 22.4 Å². The Morgan fingerprint density at radius 3 is 2.00 bits per heavy atom. The molecule has 0 bridgehead atoms. The fourth-order valence-electron chi connectivity index (χ4n) is 2.26. The molecule has 0 saturated heterocycles. The zero-order valence-corrected chi connectivity index (χ0v) is 14.9. The minimum atomic E-state index is -0.235. The van der Waals surface area contributed by atoms with Crippen molar-refractivity contribution in [3.63, 3.8) is 0 Å². The van der Waals surface area contributed by atoms with Crippen molar-refractivity contribution in [3.05, 3.63) is 0 Å². The van der Waals surface area contributed by atoms with Crippen LogP contribution in [-0.4, -0.2) is 35.9 Å². The highest BCUT2D eigenvalue weighted by Gasteiger charge is 2.38. The summed E-state index contributed by atoms with van der Waals surface area (Å²) < 4.78 is 0. The molecule has 1 amide bonds. The van der Waals surface area contributed by atoms with Gasteiger partial charge >= 0.3 is 0 Å². The summed E-state index contributed by atoms with van der Waals surface area (Å²) in [5.41, 5.74) is 10.2. The molecule has 2 rings (SSSR count). The highest BCUT2D eigenvalue weighted by Crippen LogP contribution is 2.33. The van der Waals surface area contributed by atoms with E-state index in [0.717, 1.165) is 19.4 Å². The van der Waals surface area contributed by atoms with Gasteiger partial charge in [0.25, 0.3) is 0 Å². The van der Waals surface area contributed by atoms with E-state index in [9.17, 15) is 4.79 Å². The Morgan fingerprint density at radius 1 is 1.23 bits per heavy atom. The number of aliphatic imine (C=N–C) groups is 1. The fraction of sp³-hybridized carbons (Fsp3) is 0.765. The number of carbonyl (C=O) groups is 1. The number of carbonyl (C=O) groups excluding carboxylic acids is 1. The van der Waals surface area contributed by atoms with Gasteiger partial charge in [-0.15, -0.1) is 12.8 Å². The second kappa shape index (κ2) is 12.0. The Labute approximate surface area is 136 Å². The van der Waals surface area contributed by atoms with Gasteiger partial charge in [-0.1, -0.05) is 27.7 Å². The van der Waals surface area contributed by atoms with Gasteiger partial charge in [0, 0.05) is 6.54 Å². The van der Waals surface area contributed by atoms with Gasteiger partial charge in [0.1, 0.15) is 0 Å². The molecule has 0 unspecified atom stereocenters. The van der Waals surface area contributed by atoms with Crippen LogP contribution in [0.25, 0.3) is 0 Å². The van der Waals surface area contributed by atoms with Crippen LogP contribution in [0.5, 0.6) is 0 Å². The van der Waals surface area contributed by atoms with Crippen LogP contribution in [-0.2, 0) is 4.79 Å². The van der Waals surface area contributed by atoms with Crippen molar-refractivity contribution in [1.29, 1.82) is 0 Å². The highest BCUT2D eigenvalue weighted by molar-refractivity contribution is 5.99. The minimum absolute atomic E-state index is 0.156. The molecule has 0 aromatic heterocycles. The summed E-state index contributed by atoms with van der Waals surface area (Å²) in [4.78, 5) is 18.3. The minimum Gasteiger partial charge on any atom is -0.369 e. The van der Waals surface area contributed by atoms with E-state index < -0.39 is 0 Å². The summed E-state index contributed by atoms with van der Waals surface area (Å²) in [6.45, 7) is 8.92. The number of amides is 1. The molecule has 0 aromatic rings. The molecule has 1 fully saturated rings. The van der Waals surface area contributed by atoms with Crippen LogP contribution < -0.4 is 11.5 Å². The monoisotopic (exact) mass is 310 g/mol. The van der Waals surface area contributed by atoms with E-state index >= 15 is 0 Å². The van der Waals surface area contributed by atoms with Gasteiger partial charge < -0.3 is 11.5 Å². The topological polar surface area (TPSA) is 84.7 Å². The maximum atomic E-state index is 12.1. The third-order valence-corrected chi connectivity index (χ3v) is 3.86. The molecule has 128 valence electrons. The van der Waals surface area contributed by atoms with Crippen LogP contribution in [0, 0.1) is 18.8 Å². The zero-order chi connectivity index (χ0) is 17.8. The molecule has 0 aromatic carbocycles. The summed E-state index contributed by atoms with van der Waals surface area (Å²) >= 11 is 0. The Morgan fingerprint density at radius 2 is 1.68 bits per heavy atom. The van der Waals surface area contributed by atoms with Gasteiger partial charge in [0.15, 0.2) is 5.96 Å². The Hall–Kier alpha value is -1.54. The lowest BCUT2D eigenvalue weighted by Gasteiger charge is -2.36. The van der Waals surface area contributed by atoms with Crippen LogP contribution in [0.3, 0.4) is 0 Å². The third-order valence-electron chi connectivity index (χ3n) is 3.86.